The van der Waals surface area contributed by atoms with Gasteiger partial charge in [-0.25, -0.2) is 0 Å². The molecule has 0 saturated heterocycles. The van der Waals surface area contributed by atoms with Gasteiger partial charge in [-0.05, 0) is 44.5 Å². The van der Waals surface area contributed by atoms with Crippen LogP contribution < -0.4 is 10.1 Å². The molecule has 0 spiro atoms. The van der Waals surface area contributed by atoms with Crippen LogP contribution >= 0.6 is 0 Å². The van der Waals surface area contributed by atoms with E-state index in [9.17, 15) is 14.4 Å². The van der Waals surface area contributed by atoms with Crippen LogP contribution in [0, 0.1) is 6.92 Å². The molecule has 0 aliphatic carbocycles. The summed E-state index contributed by atoms with van der Waals surface area (Å²) < 4.78 is 5.49. The van der Waals surface area contributed by atoms with Crippen molar-refractivity contribution in [3.63, 3.8) is 0 Å². The summed E-state index contributed by atoms with van der Waals surface area (Å²) in [4.78, 5) is 37.4. The van der Waals surface area contributed by atoms with E-state index in [1.807, 2.05) is 26.0 Å². The van der Waals surface area contributed by atoms with Crippen molar-refractivity contribution in [1.29, 1.82) is 0 Å². The van der Waals surface area contributed by atoms with E-state index in [4.69, 9.17) is 4.74 Å². The first-order chi connectivity index (χ1) is 14.9. The van der Waals surface area contributed by atoms with Gasteiger partial charge in [0.1, 0.15) is 17.9 Å². The van der Waals surface area contributed by atoms with Gasteiger partial charge < -0.3 is 10.1 Å². The van der Waals surface area contributed by atoms with Gasteiger partial charge in [-0.2, -0.15) is 20.3 Å². The number of imide groups is 1. The van der Waals surface area contributed by atoms with Crippen LogP contribution in [0.1, 0.15) is 25.8 Å². The normalized spacial score (nSPS) is 15.8. The van der Waals surface area contributed by atoms with Gasteiger partial charge in [-0.3, -0.25) is 14.4 Å². The molecular formula is C22H23N5O4. The Bertz CT molecular complexity index is 1060. The molecule has 2 aromatic carbocycles. The topological polar surface area (TPSA) is 113 Å². The molecule has 3 amide bonds. The number of hydrogen-bond donors (Lipinski definition) is 1. The molecule has 1 atom stereocenters. The highest BCUT2D eigenvalue weighted by Gasteiger charge is 2.38. The molecule has 1 heterocycles. The first-order valence-electron chi connectivity index (χ1n) is 9.80. The molecule has 31 heavy (non-hydrogen) atoms. The maximum atomic E-state index is 12.7. The predicted molar refractivity (Wildman–Crippen MR) is 115 cm³/mol. The number of nitrogens with one attached hydrogen (secondary N) is 1. The number of amides is 3. The average Bonchev–Trinajstić information content (AvgIpc) is 3.03. The van der Waals surface area contributed by atoms with Gasteiger partial charge in [0.05, 0.1) is 12.3 Å². The Morgan fingerprint density at radius 2 is 1.84 bits per heavy atom. The second-order valence-electron chi connectivity index (χ2n) is 6.84. The van der Waals surface area contributed by atoms with E-state index in [1.165, 1.54) is 0 Å². The lowest BCUT2D eigenvalue weighted by Crippen LogP contribution is -2.36. The van der Waals surface area contributed by atoms with Crippen molar-refractivity contribution >= 4 is 34.8 Å². The molecular weight excluding hydrogens is 398 g/mol. The Balaban J connectivity index is 1.66. The quantitative estimate of drug-likeness (QED) is 0.543. The molecule has 160 valence electrons. The third-order valence-corrected chi connectivity index (χ3v) is 4.51. The van der Waals surface area contributed by atoms with E-state index in [1.54, 1.807) is 43.3 Å². The Morgan fingerprint density at radius 1 is 1.13 bits per heavy atom. The molecule has 1 aliphatic heterocycles. The van der Waals surface area contributed by atoms with Crippen molar-refractivity contribution in [1.82, 2.24) is 5.01 Å². The number of ether oxygens (including phenoxy) is 1. The molecule has 0 saturated carbocycles. The number of aryl methyl sites for hydroxylation is 1. The lowest BCUT2D eigenvalue weighted by molar-refractivity contribution is -0.144. The maximum absolute atomic E-state index is 12.7. The lowest BCUT2D eigenvalue weighted by atomic mass is 10.2. The summed E-state index contributed by atoms with van der Waals surface area (Å²) in [5.74, 6) is -1.38. The molecule has 1 unspecified atom stereocenters. The van der Waals surface area contributed by atoms with Gasteiger partial charge in [-0.15, -0.1) is 0 Å². The zero-order chi connectivity index (χ0) is 22.4. The summed E-state index contributed by atoms with van der Waals surface area (Å²) in [6.45, 7) is 5.73. The number of anilines is 1. The summed E-state index contributed by atoms with van der Waals surface area (Å²) in [7, 11) is 0. The highest BCUT2D eigenvalue weighted by atomic mass is 16.5. The highest BCUT2D eigenvalue weighted by Crippen LogP contribution is 2.28. The first kappa shape index (κ1) is 21.8. The fourth-order valence-corrected chi connectivity index (χ4v) is 2.92. The molecule has 0 radical (unpaired) electrons. The van der Waals surface area contributed by atoms with Crippen LogP contribution in [0.25, 0.3) is 0 Å². The third kappa shape index (κ3) is 5.19. The van der Waals surface area contributed by atoms with Crippen molar-refractivity contribution in [3.05, 3.63) is 54.1 Å². The van der Waals surface area contributed by atoms with Gasteiger partial charge in [-0.1, -0.05) is 30.3 Å². The standard InChI is InChI=1S/C22H23N5O4/c1-4-31-18-12-8-7-11-17(18)24-25-21-15(3)26-27(22(21)30)20(29)13-19(28)23-16-10-6-5-9-14(16)2/h5-12,21H,4,13H2,1-3H3,(H,23,28). The monoisotopic (exact) mass is 421 g/mol. The molecule has 1 aliphatic rings. The SMILES string of the molecule is CCOc1ccccc1N=NC1C(=O)N(C(=O)CC(=O)Nc2ccccc2C)N=C1C. The second kappa shape index (κ2) is 9.75. The van der Waals surface area contributed by atoms with Crippen LogP contribution in [0.4, 0.5) is 11.4 Å². The largest absolute Gasteiger partial charge is 0.492 e. The van der Waals surface area contributed by atoms with E-state index in [0.717, 1.165) is 5.56 Å². The zero-order valence-electron chi connectivity index (χ0n) is 17.5. The van der Waals surface area contributed by atoms with Crippen LogP contribution in [0.5, 0.6) is 5.75 Å². The van der Waals surface area contributed by atoms with E-state index < -0.39 is 30.2 Å². The number of nitrogens with zero attached hydrogens (tertiary/aromatic N) is 4. The van der Waals surface area contributed by atoms with Crippen LogP contribution in [-0.2, 0) is 14.4 Å². The molecule has 0 fully saturated rings. The van der Waals surface area contributed by atoms with Crippen molar-refractivity contribution in [2.24, 2.45) is 15.3 Å². The van der Waals surface area contributed by atoms with Gasteiger partial charge >= 0.3 is 0 Å². The number of hydrogen-bond acceptors (Lipinski definition) is 7. The molecule has 0 aromatic heterocycles. The molecule has 2 aromatic rings. The highest BCUT2D eigenvalue weighted by molar-refractivity contribution is 6.18. The Kier molecular flexibility index (Phi) is 6.86. The zero-order valence-corrected chi connectivity index (χ0v) is 17.5. The summed E-state index contributed by atoms with van der Waals surface area (Å²) in [6, 6.07) is 13.2. The fourth-order valence-electron chi connectivity index (χ4n) is 2.92. The minimum absolute atomic E-state index is 0.315. The van der Waals surface area contributed by atoms with E-state index in [2.05, 4.69) is 20.6 Å². The van der Waals surface area contributed by atoms with E-state index >= 15 is 0 Å². The lowest BCUT2D eigenvalue weighted by Gasteiger charge is -2.12. The van der Waals surface area contributed by atoms with E-state index in [-0.39, 0.29) is 0 Å². The van der Waals surface area contributed by atoms with Gasteiger partial charge in [0.25, 0.3) is 11.8 Å². The maximum Gasteiger partial charge on any atom is 0.282 e. The third-order valence-electron chi connectivity index (χ3n) is 4.51. The predicted octanol–water partition coefficient (Wildman–Crippen LogP) is 3.62. The Labute approximate surface area is 179 Å². The Hall–Kier alpha value is -3.88. The van der Waals surface area contributed by atoms with Gasteiger partial charge in [0.2, 0.25) is 5.91 Å². The first-order valence-corrected chi connectivity index (χ1v) is 9.80. The van der Waals surface area contributed by atoms with Crippen molar-refractivity contribution < 1.29 is 19.1 Å². The smallest absolute Gasteiger partial charge is 0.282 e. The number of hydrazone groups is 1. The number of azo groups is 1. The number of benzene rings is 2. The number of para-hydroxylation sites is 2. The average molecular weight is 421 g/mol. The van der Waals surface area contributed by atoms with Crippen molar-refractivity contribution in [2.75, 3.05) is 11.9 Å². The summed E-state index contributed by atoms with van der Waals surface area (Å²) in [5, 5.41) is 15.5. The van der Waals surface area contributed by atoms with Crippen molar-refractivity contribution in [3.8, 4) is 5.75 Å². The summed E-state index contributed by atoms with van der Waals surface area (Å²) >= 11 is 0. The van der Waals surface area contributed by atoms with Crippen LogP contribution in [0.3, 0.4) is 0 Å². The van der Waals surface area contributed by atoms with Gasteiger partial charge in [0.15, 0.2) is 6.04 Å². The number of carbonyl (C=O) groups is 3. The van der Waals surface area contributed by atoms with Crippen molar-refractivity contribution in [2.45, 2.75) is 33.2 Å². The Morgan fingerprint density at radius 3 is 2.58 bits per heavy atom. The van der Waals surface area contributed by atoms with Crippen LogP contribution in [-0.4, -0.2) is 41.1 Å². The summed E-state index contributed by atoms with van der Waals surface area (Å²) in [6.07, 6.45) is -0.520. The minimum atomic E-state index is -1.03. The summed E-state index contributed by atoms with van der Waals surface area (Å²) in [5.41, 5.74) is 2.25. The van der Waals surface area contributed by atoms with E-state index in [0.29, 0.717) is 34.5 Å². The second-order valence-corrected chi connectivity index (χ2v) is 6.84. The van der Waals surface area contributed by atoms with Crippen LogP contribution in [0.15, 0.2) is 63.9 Å². The molecule has 0 bridgehead atoms. The molecule has 9 heteroatoms. The number of carbonyl (C=O) groups excluding carboxylic acids is 3. The van der Waals surface area contributed by atoms with Crippen LogP contribution in [0.2, 0.25) is 0 Å². The van der Waals surface area contributed by atoms with Gasteiger partial charge in [0, 0.05) is 5.69 Å². The number of rotatable bonds is 7. The minimum Gasteiger partial charge on any atom is -0.492 e. The fraction of sp³-hybridized carbons (Fsp3) is 0.273. The molecule has 3 rings (SSSR count). The molecule has 1 N–H and O–H groups in total. The molecule has 9 nitrogen and oxygen atoms in total.